The molecule has 0 aromatic heterocycles. The number of β-amino-alcohol motifs (C(OH)–C–C–N with tert-alkyl or cyclic N) is 1. The topological polar surface area (TPSA) is 49.8 Å². The maximum absolute atomic E-state index is 12.4. The van der Waals surface area contributed by atoms with E-state index in [9.17, 15) is 9.90 Å². The number of para-hydroxylation sites is 1. The van der Waals surface area contributed by atoms with E-state index in [0.29, 0.717) is 0 Å². The van der Waals surface area contributed by atoms with Gasteiger partial charge in [0, 0.05) is 12.8 Å². The van der Waals surface area contributed by atoms with E-state index < -0.39 is 11.5 Å². The van der Waals surface area contributed by atoms with Crippen molar-refractivity contribution in [1.82, 2.24) is 0 Å². The predicted molar refractivity (Wildman–Crippen MR) is 69.7 cm³/mol. The number of anilines is 1. The summed E-state index contributed by atoms with van der Waals surface area (Å²) in [5.41, 5.74) is 1.38. The summed E-state index contributed by atoms with van der Waals surface area (Å²) in [6, 6.07) is 7.73. The Bertz CT molecular complexity index is 456. The summed E-state index contributed by atoms with van der Waals surface area (Å²) in [6.07, 6.45) is -0.666. The van der Waals surface area contributed by atoms with Crippen LogP contribution in [0.5, 0.6) is 0 Å². The first-order valence-electron chi connectivity index (χ1n) is 6.07. The van der Waals surface area contributed by atoms with Gasteiger partial charge in [-0.05, 0) is 25.5 Å². The van der Waals surface area contributed by atoms with Crippen LogP contribution in [0.3, 0.4) is 0 Å². The van der Waals surface area contributed by atoms with Gasteiger partial charge in [-0.3, -0.25) is 4.79 Å². The SMILES string of the molecule is COCC(O)CN1C(=O)C(C)(C)c2ccccc21. The predicted octanol–water partition coefficient (Wildman–Crippen LogP) is 1.32. The van der Waals surface area contributed by atoms with E-state index in [1.807, 2.05) is 38.1 Å². The third-order valence-electron chi connectivity index (χ3n) is 3.40. The van der Waals surface area contributed by atoms with Crippen LogP contribution in [0.1, 0.15) is 19.4 Å². The molecule has 0 radical (unpaired) electrons. The Labute approximate surface area is 107 Å². The van der Waals surface area contributed by atoms with Crippen molar-refractivity contribution in [3.05, 3.63) is 29.8 Å². The van der Waals surface area contributed by atoms with Gasteiger partial charge in [-0.15, -0.1) is 0 Å². The molecule has 1 atom stereocenters. The molecule has 2 rings (SSSR count). The van der Waals surface area contributed by atoms with Crippen LogP contribution < -0.4 is 4.90 Å². The fourth-order valence-corrected chi connectivity index (χ4v) is 2.44. The summed E-state index contributed by atoms with van der Waals surface area (Å²) in [7, 11) is 1.53. The van der Waals surface area contributed by atoms with Gasteiger partial charge in [0.05, 0.1) is 24.7 Å². The van der Waals surface area contributed by atoms with Crippen LogP contribution in [0, 0.1) is 0 Å². The Morgan fingerprint density at radius 1 is 1.39 bits per heavy atom. The fourth-order valence-electron chi connectivity index (χ4n) is 2.44. The Morgan fingerprint density at radius 2 is 2.06 bits per heavy atom. The number of hydrogen-bond acceptors (Lipinski definition) is 3. The minimum absolute atomic E-state index is 0.0267. The molecule has 4 nitrogen and oxygen atoms in total. The van der Waals surface area contributed by atoms with Gasteiger partial charge in [0.1, 0.15) is 0 Å². The number of nitrogens with zero attached hydrogens (tertiary/aromatic N) is 1. The summed E-state index contributed by atoms with van der Waals surface area (Å²) in [5.74, 6) is 0.0267. The number of carbonyl (C=O) groups is 1. The van der Waals surface area contributed by atoms with Crippen molar-refractivity contribution in [2.45, 2.75) is 25.4 Å². The average Bonchev–Trinajstić information content (AvgIpc) is 2.52. The third-order valence-corrected chi connectivity index (χ3v) is 3.40. The number of carbonyl (C=O) groups excluding carboxylic acids is 1. The van der Waals surface area contributed by atoms with Gasteiger partial charge in [0.15, 0.2) is 0 Å². The van der Waals surface area contributed by atoms with Crippen molar-refractivity contribution in [1.29, 1.82) is 0 Å². The lowest BCUT2D eigenvalue weighted by Gasteiger charge is -2.22. The van der Waals surface area contributed by atoms with E-state index in [0.717, 1.165) is 11.3 Å². The van der Waals surface area contributed by atoms with Gasteiger partial charge < -0.3 is 14.7 Å². The Kier molecular flexibility index (Phi) is 3.41. The number of rotatable bonds is 4. The summed E-state index contributed by atoms with van der Waals surface area (Å²) in [6.45, 7) is 4.33. The highest BCUT2D eigenvalue weighted by Crippen LogP contribution is 2.41. The smallest absolute Gasteiger partial charge is 0.237 e. The molecule has 98 valence electrons. The summed E-state index contributed by atoms with van der Waals surface area (Å²) < 4.78 is 4.90. The number of hydrogen-bond donors (Lipinski definition) is 1. The average molecular weight is 249 g/mol. The molecule has 4 heteroatoms. The maximum atomic E-state index is 12.4. The number of benzene rings is 1. The molecule has 0 spiro atoms. The lowest BCUT2D eigenvalue weighted by atomic mass is 9.86. The molecule has 1 heterocycles. The number of methoxy groups -OCH3 is 1. The molecule has 1 amide bonds. The summed E-state index contributed by atoms with van der Waals surface area (Å²) >= 11 is 0. The van der Waals surface area contributed by atoms with Gasteiger partial charge >= 0.3 is 0 Å². The molecule has 1 aliphatic heterocycles. The molecule has 0 saturated heterocycles. The molecule has 18 heavy (non-hydrogen) atoms. The lowest BCUT2D eigenvalue weighted by Crippen LogP contribution is -2.41. The molecule has 0 fully saturated rings. The molecule has 1 aliphatic rings. The standard InChI is InChI=1S/C14H19NO3/c1-14(2)11-6-4-5-7-12(11)15(13(14)17)8-10(16)9-18-3/h4-7,10,16H,8-9H2,1-3H3. The Balaban J connectivity index is 2.30. The number of aliphatic hydroxyl groups is 1. The van der Waals surface area contributed by atoms with Gasteiger partial charge in [-0.1, -0.05) is 18.2 Å². The molecule has 0 aliphatic carbocycles. The van der Waals surface area contributed by atoms with E-state index in [1.165, 1.54) is 7.11 Å². The molecule has 0 saturated carbocycles. The largest absolute Gasteiger partial charge is 0.389 e. The second-order valence-electron chi connectivity index (χ2n) is 5.17. The van der Waals surface area contributed by atoms with Crippen molar-refractivity contribution < 1.29 is 14.6 Å². The minimum Gasteiger partial charge on any atom is -0.389 e. The molecule has 1 aromatic carbocycles. The molecule has 1 N–H and O–H groups in total. The van der Waals surface area contributed by atoms with Crippen LogP contribution >= 0.6 is 0 Å². The van der Waals surface area contributed by atoms with E-state index in [2.05, 4.69) is 0 Å². The van der Waals surface area contributed by atoms with Crippen molar-refractivity contribution in [3.63, 3.8) is 0 Å². The number of amides is 1. The highest BCUT2D eigenvalue weighted by molar-refractivity contribution is 6.07. The van der Waals surface area contributed by atoms with Gasteiger partial charge in [0.25, 0.3) is 0 Å². The Morgan fingerprint density at radius 3 is 2.72 bits per heavy atom. The van der Waals surface area contributed by atoms with Gasteiger partial charge in [0.2, 0.25) is 5.91 Å². The van der Waals surface area contributed by atoms with Crippen LogP contribution in [0.25, 0.3) is 0 Å². The van der Waals surface area contributed by atoms with Crippen LogP contribution in [-0.2, 0) is 14.9 Å². The van der Waals surface area contributed by atoms with E-state index in [-0.39, 0.29) is 19.1 Å². The quantitative estimate of drug-likeness (QED) is 0.875. The highest BCUT2D eigenvalue weighted by atomic mass is 16.5. The molecule has 1 aromatic rings. The molecular weight excluding hydrogens is 230 g/mol. The van der Waals surface area contributed by atoms with E-state index in [4.69, 9.17) is 4.74 Å². The first-order valence-corrected chi connectivity index (χ1v) is 6.07. The monoisotopic (exact) mass is 249 g/mol. The van der Waals surface area contributed by atoms with Crippen molar-refractivity contribution >= 4 is 11.6 Å². The van der Waals surface area contributed by atoms with E-state index >= 15 is 0 Å². The van der Waals surface area contributed by atoms with Gasteiger partial charge in [-0.2, -0.15) is 0 Å². The number of ether oxygens (including phenoxy) is 1. The minimum atomic E-state index is -0.666. The van der Waals surface area contributed by atoms with Crippen LogP contribution in [-0.4, -0.2) is 37.4 Å². The normalized spacial score (nSPS) is 18.9. The summed E-state index contributed by atoms with van der Waals surface area (Å²) in [4.78, 5) is 14.0. The van der Waals surface area contributed by atoms with Crippen molar-refractivity contribution in [2.75, 3.05) is 25.2 Å². The van der Waals surface area contributed by atoms with E-state index in [1.54, 1.807) is 4.90 Å². The summed E-state index contributed by atoms with van der Waals surface area (Å²) in [5, 5.41) is 9.80. The fraction of sp³-hybridized carbons (Fsp3) is 0.500. The highest BCUT2D eigenvalue weighted by Gasteiger charge is 2.43. The van der Waals surface area contributed by atoms with Crippen molar-refractivity contribution in [2.24, 2.45) is 0 Å². The van der Waals surface area contributed by atoms with Crippen LogP contribution in [0.4, 0.5) is 5.69 Å². The van der Waals surface area contributed by atoms with Crippen molar-refractivity contribution in [3.8, 4) is 0 Å². The van der Waals surface area contributed by atoms with Crippen LogP contribution in [0.2, 0.25) is 0 Å². The van der Waals surface area contributed by atoms with Crippen LogP contribution in [0.15, 0.2) is 24.3 Å². The second kappa shape index (κ2) is 4.71. The molecule has 0 bridgehead atoms. The zero-order valence-corrected chi connectivity index (χ0v) is 11.0. The lowest BCUT2D eigenvalue weighted by molar-refractivity contribution is -0.122. The maximum Gasteiger partial charge on any atom is 0.237 e. The first-order chi connectivity index (χ1) is 8.48. The number of fused-ring (bicyclic) bond motifs is 1. The molecular formula is C14H19NO3. The second-order valence-corrected chi connectivity index (χ2v) is 5.17. The third kappa shape index (κ3) is 2.02. The number of aliphatic hydroxyl groups excluding tert-OH is 1. The first kappa shape index (κ1) is 13.1. The molecule has 1 unspecified atom stereocenters. The Hall–Kier alpha value is -1.39. The zero-order valence-electron chi connectivity index (χ0n) is 11.0. The van der Waals surface area contributed by atoms with Gasteiger partial charge in [-0.25, -0.2) is 0 Å². The zero-order chi connectivity index (χ0) is 13.3.